The Bertz CT molecular complexity index is 1380. The zero-order valence-corrected chi connectivity index (χ0v) is 22.0. The molecule has 0 saturated carbocycles. The van der Waals surface area contributed by atoms with Crippen molar-refractivity contribution in [1.29, 1.82) is 0 Å². The molecule has 1 aliphatic heterocycles. The molecule has 2 aromatic carbocycles. The molecule has 4 aromatic rings. The molecule has 9 nitrogen and oxygen atoms in total. The minimum absolute atomic E-state index is 0.260. The standard InChI is InChI=1S/C28H33FN6O3/c1-33-19-20(17-31-33)27-18-30-25-6-5-21(15-26(25)32-27)35(22-13-23(37-2)16-24(14-22)38-3)10-4-7-28(36)8-11-34(29)12-9-28/h5-6,13-19,36H,4,7-12H2,1-3H3. The van der Waals surface area contributed by atoms with Gasteiger partial charge in [-0.2, -0.15) is 5.10 Å². The second-order valence-corrected chi connectivity index (χ2v) is 9.79. The highest BCUT2D eigenvalue weighted by atomic mass is 19.2. The Balaban J connectivity index is 1.48. The third-order valence-corrected chi connectivity index (χ3v) is 7.15. The molecule has 0 atom stereocenters. The Kier molecular flexibility index (Phi) is 7.44. The third kappa shape index (κ3) is 5.71. The lowest BCUT2D eigenvalue weighted by Crippen LogP contribution is -2.41. The van der Waals surface area contributed by atoms with Gasteiger partial charge in [-0.3, -0.25) is 9.67 Å². The quantitative estimate of drug-likeness (QED) is 0.319. The van der Waals surface area contributed by atoms with Crippen molar-refractivity contribution in [2.24, 2.45) is 7.05 Å². The molecule has 0 unspecified atom stereocenters. The molecule has 0 aliphatic carbocycles. The average molecular weight is 521 g/mol. The van der Waals surface area contributed by atoms with Crippen LogP contribution in [-0.2, 0) is 7.05 Å². The van der Waals surface area contributed by atoms with E-state index >= 15 is 0 Å². The summed E-state index contributed by atoms with van der Waals surface area (Å²) >= 11 is 0. The van der Waals surface area contributed by atoms with E-state index in [1.165, 1.54) is 0 Å². The van der Waals surface area contributed by atoms with Crippen molar-refractivity contribution in [1.82, 2.24) is 24.9 Å². The van der Waals surface area contributed by atoms with Gasteiger partial charge in [0.05, 0.1) is 48.9 Å². The van der Waals surface area contributed by atoms with Crippen molar-refractivity contribution >= 4 is 22.4 Å². The van der Waals surface area contributed by atoms with Crippen LogP contribution in [0, 0.1) is 0 Å². The van der Waals surface area contributed by atoms with E-state index in [0.717, 1.165) is 38.8 Å². The monoisotopic (exact) mass is 520 g/mol. The van der Waals surface area contributed by atoms with E-state index < -0.39 is 5.60 Å². The highest BCUT2D eigenvalue weighted by Crippen LogP contribution is 2.35. The lowest BCUT2D eigenvalue weighted by molar-refractivity contribution is -0.0866. The van der Waals surface area contributed by atoms with Crippen LogP contribution in [0.5, 0.6) is 11.5 Å². The number of anilines is 2. The molecule has 3 heterocycles. The van der Waals surface area contributed by atoms with Gasteiger partial charge in [0.2, 0.25) is 0 Å². The minimum atomic E-state index is -0.853. The molecule has 1 N–H and O–H groups in total. The predicted molar refractivity (Wildman–Crippen MR) is 144 cm³/mol. The Labute approximate surface area is 221 Å². The van der Waals surface area contributed by atoms with E-state index in [-0.39, 0.29) is 13.1 Å². The molecule has 2 aromatic heterocycles. The zero-order chi connectivity index (χ0) is 26.7. The summed E-state index contributed by atoms with van der Waals surface area (Å²) in [7, 11) is 5.12. The molecule has 5 rings (SSSR count). The molecule has 1 saturated heterocycles. The molecule has 38 heavy (non-hydrogen) atoms. The predicted octanol–water partition coefficient (Wildman–Crippen LogP) is 4.68. The first kappa shape index (κ1) is 25.9. The normalized spacial score (nSPS) is 15.5. The maximum Gasteiger partial charge on any atom is 0.124 e. The highest BCUT2D eigenvalue weighted by Gasteiger charge is 2.32. The Morgan fingerprint density at radius 1 is 1.00 bits per heavy atom. The molecule has 0 amide bonds. The fourth-order valence-electron chi connectivity index (χ4n) is 4.93. The summed E-state index contributed by atoms with van der Waals surface area (Å²) in [4.78, 5) is 11.6. The SMILES string of the molecule is COc1cc(OC)cc(N(CCCC2(O)CCN(F)CC2)c2ccc3ncc(-c4cnn(C)c4)nc3c2)c1. The number of nitrogens with zero attached hydrogens (tertiary/aromatic N) is 6. The fraction of sp³-hybridized carbons (Fsp3) is 0.393. The smallest absolute Gasteiger partial charge is 0.124 e. The second kappa shape index (κ2) is 10.9. The van der Waals surface area contributed by atoms with E-state index in [1.807, 2.05) is 49.6 Å². The topological polar surface area (TPSA) is 88.8 Å². The number of aliphatic hydroxyl groups is 1. The summed E-state index contributed by atoms with van der Waals surface area (Å²) in [5, 5.41) is 16.0. The number of fused-ring (bicyclic) bond motifs is 1. The first-order valence-corrected chi connectivity index (χ1v) is 12.8. The number of ether oxygens (including phenoxy) is 2. The maximum atomic E-state index is 13.5. The molecule has 0 bridgehead atoms. The first-order valence-electron chi connectivity index (χ1n) is 12.8. The van der Waals surface area contributed by atoms with Crippen molar-refractivity contribution < 1.29 is 19.1 Å². The zero-order valence-electron chi connectivity index (χ0n) is 22.0. The van der Waals surface area contributed by atoms with Crippen molar-refractivity contribution in [3.05, 3.63) is 55.0 Å². The number of rotatable bonds is 9. The Morgan fingerprint density at radius 2 is 1.74 bits per heavy atom. The van der Waals surface area contributed by atoms with Gasteiger partial charge in [-0.25, -0.2) is 4.98 Å². The van der Waals surface area contributed by atoms with Crippen molar-refractivity contribution in [2.45, 2.75) is 31.3 Å². The van der Waals surface area contributed by atoms with E-state index in [9.17, 15) is 9.59 Å². The van der Waals surface area contributed by atoms with E-state index in [0.29, 0.717) is 43.7 Å². The number of hydrogen-bond donors (Lipinski definition) is 1. The van der Waals surface area contributed by atoms with Crippen molar-refractivity contribution in [2.75, 3.05) is 38.8 Å². The van der Waals surface area contributed by atoms with Crippen molar-refractivity contribution in [3.8, 4) is 22.8 Å². The highest BCUT2D eigenvalue weighted by molar-refractivity contribution is 5.82. The van der Waals surface area contributed by atoms with Crippen LogP contribution in [0.1, 0.15) is 25.7 Å². The number of halogens is 1. The van der Waals surface area contributed by atoms with Gasteiger partial charge in [-0.05, 0) is 43.9 Å². The molecule has 0 spiro atoms. The van der Waals surface area contributed by atoms with Gasteiger partial charge >= 0.3 is 0 Å². The molecule has 200 valence electrons. The fourth-order valence-corrected chi connectivity index (χ4v) is 4.93. The van der Waals surface area contributed by atoms with Crippen LogP contribution in [0.25, 0.3) is 22.3 Å². The first-order chi connectivity index (χ1) is 18.4. The van der Waals surface area contributed by atoms with Gasteiger partial charge in [0.25, 0.3) is 0 Å². The van der Waals surface area contributed by atoms with E-state index in [1.54, 1.807) is 31.3 Å². The van der Waals surface area contributed by atoms with Crippen LogP contribution in [0.4, 0.5) is 15.9 Å². The summed E-state index contributed by atoms with van der Waals surface area (Å²) in [5.74, 6) is 1.36. The number of hydrogen-bond acceptors (Lipinski definition) is 8. The molecular formula is C28H33FN6O3. The summed E-state index contributed by atoms with van der Waals surface area (Å²) in [6.07, 6.45) is 7.59. The minimum Gasteiger partial charge on any atom is -0.497 e. The number of aromatic nitrogens is 4. The number of benzene rings is 2. The summed E-state index contributed by atoms with van der Waals surface area (Å²) in [6.45, 7) is 1.14. The molecule has 1 fully saturated rings. The van der Waals surface area contributed by atoms with Crippen LogP contribution in [0.2, 0.25) is 0 Å². The summed E-state index contributed by atoms with van der Waals surface area (Å²) in [5.41, 5.74) is 4.16. The van der Waals surface area contributed by atoms with Gasteiger partial charge in [-0.15, -0.1) is 9.60 Å². The van der Waals surface area contributed by atoms with E-state index in [2.05, 4.69) is 15.0 Å². The Hall–Kier alpha value is -3.76. The summed E-state index contributed by atoms with van der Waals surface area (Å²) in [6, 6.07) is 11.7. The van der Waals surface area contributed by atoms with Crippen LogP contribution in [-0.4, -0.2) is 69.4 Å². The van der Waals surface area contributed by atoms with Crippen LogP contribution in [0.3, 0.4) is 0 Å². The average Bonchev–Trinajstić information content (AvgIpc) is 3.38. The summed E-state index contributed by atoms with van der Waals surface area (Å²) < 4.78 is 26.3. The molecule has 1 aliphatic rings. The largest absolute Gasteiger partial charge is 0.497 e. The van der Waals surface area contributed by atoms with Crippen LogP contribution in [0.15, 0.2) is 55.0 Å². The molecule has 0 radical (unpaired) electrons. The van der Waals surface area contributed by atoms with Crippen LogP contribution >= 0.6 is 0 Å². The number of methoxy groups -OCH3 is 2. The van der Waals surface area contributed by atoms with Gasteiger partial charge in [-0.1, -0.05) is 0 Å². The number of piperidine rings is 1. The second-order valence-electron chi connectivity index (χ2n) is 9.79. The van der Waals surface area contributed by atoms with Crippen LogP contribution < -0.4 is 14.4 Å². The Morgan fingerprint density at radius 3 is 2.39 bits per heavy atom. The van der Waals surface area contributed by atoms with E-state index in [4.69, 9.17) is 14.5 Å². The van der Waals surface area contributed by atoms with Gasteiger partial charge in [0.15, 0.2) is 0 Å². The molecular weight excluding hydrogens is 487 g/mol. The lowest BCUT2D eigenvalue weighted by atomic mass is 9.87. The molecule has 10 heteroatoms. The third-order valence-electron chi connectivity index (χ3n) is 7.15. The maximum absolute atomic E-state index is 13.5. The number of aryl methyl sites for hydroxylation is 1. The lowest BCUT2D eigenvalue weighted by Gasteiger charge is -2.35. The van der Waals surface area contributed by atoms with Gasteiger partial charge in [0.1, 0.15) is 11.5 Å². The van der Waals surface area contributed by atoms with Gasteiger partial charge in [0, 0.05) is 68.0 Å². The van der Waals surface area contributed by atoms with Gasteiger partial charge < -0.3 is 19.5 Å². The van der Waals surface area contributed by atoms with Crippen molar-refractivity contribution in [3.63, 3.8) is 0 Å².